The Balaban J connectivity index is 1.51. The first kappa shape index (κ1) is 23.9. The van der Waals surface area contributed by atoms with Crippen LogP contribution in [0.3, 0.4) is 0 Å². The maximum Gasteiger partial charge on any atom is 0.573 e. The number of carbonyl (C=O) groups is 2. The van der Waals surface area contributed by atoms with Crippen molar-refractivity contribution in [2.24, 2.45) is 0 Å². The monoisotopic (exact) mass is 469 g/mol. The zero-order valence-corrected chi connectivity index (χ0v) is 18.0. The van der Waals surface area contributed by atoms with Crippen LogP contribution in [0.25, 0.3) is 0 Å². The highest BCUT2D eigenvalue weighted by Gasteiger charge is 2.32. The number of nitrogens with zero attached hydrogens (tertiary/aromatic N) is 2. The van der Waals surface area contributed by atoms with E-state index < -0.39 is 12.1 Å². The number of hydrogen-bond donors (Lipinski definition) is 1. The number of benzene rings is 2. The van der Waals surface area contributed by atoms with Gasteiger partial charge in [-0.1, -0.05) is 41.9 Å². The van der Waals surface area contributed by atoms with Gasteiger partial charge in [0.25, 0.3) is 5.91 Å². The molecule has 0 aromatic heterocycles. The number of nitrogens with one attached hydrogen (secondary N) is 1. The number of halogens is 4. The number of carbonyl (C=O) groups excluding carboxylic acids is 2. The highest BCUT2D eigenvalue weighted by atomic mass is 35.5. The van der Waals surface area contributed by atoms with E-state index in [1.54, 1.807) is 4.90 Å². The van der Waals surface area contributed by atoms with Crippen LogP contribution in [-0.2, 0) is 11.3 Å². The van der Waals surface area contributed by atoms with Crippen LogP contribution in [0.5, 0.6) is 5.75 Å². The number of alkyl halides is 3. The second kappa shape index (κ2) is 10.7. The van der Waals surface area contributed by atoms with Gasteiger partial charge in [-0.2, -0.15) is 0 Å². The largest absolute Gasteiger partial charge is 0.573 e. The Kier molecular flexibility index (Phi) is 7.98. The lowest BCUT2D eigenvalue weighted by atomic mass is 10.2. The first-order valence-electron chi connectivity index (χ1n) is 10.1. The third-order valence-electron chi connectivity index (χ3n) is 4.98. The number of hydrogen-bond acceptors (Lipinski definition) is 4. The Morgan fingerprint density at radius 1 is 1.03 bits per heavy atom. The first-order valence-corrected chi connectivity index (χ1v) is 10.5. The molecule has 0 unspecified atom stereocenters. The maximum absolute atomic E-state index is 12.8. The molecule has 10 heteroatoms. The normalized spacial score (nSPS) is 15.2. The van der Waals surface area contributed by atoms with E-state index in [9.17, 15) is 22.8 Å². The van der Waals surface area contributed by atoms with Crippen LogP contribution in [-0.4, -0.2) is 60.7 Å². The molecule has 1 heterocycles. The third-order valence-corrected chi connectivity index (χ3v) is 5.28. The molecule has 0 spiro atoms. The van der Waals surface area contributed by atoms with Crippen molar-refractivity contribution in [2.75, 3.05) is 32.7 Å². The molecule has 0 aliphatic carbocycles. The Hall–Kier alpha value is -2.78. The van der Waals surface area contributed by atoms with Gasteiger partial charge in [0.15, 0.2) is 0 Å². The second-order valence-electron chi connectivity index (χ2n) is 7.38. The van der Waals surface area contributed by atoms with E-state index >= 15 is 0 Å². The summed E-state index contributed by atoms with van der Waals surface area (Å²) in [5.41, 5.74) is 1.19. The van der Waals surface area contributed by atoms with E-state index in [4.69, 9.17) is 11.6 Å². The van der Waals surface area contributed by atoms with Gasteiger partial charge in [-0.3, -0.25) is 14.5 Å². The van der Waals surface area contributed by atoms with E-state index in [-0.39, 0.29) is 28.9 Å². The summed E-state index contributed by atoms with van der Waals surface area (Å²) in [4.78, 5) is 28.6. The van der Waals surface area contributed by atoms with Gasteiger partial charge in [-0.25, -0.2) is 0 Å². The summed E-state index contributed by atoms with van der Waals surface area (Å²) in [5, 5.41) is 2.59. The van der Waals surface area contributed by atoms with E-state index in [1.807, 2.05) is 35.2 Å². The molecule has 1 aliphatic heterocycles. The van der Waals surface area contributed by atoms with Gasteiger partial charge in [-0.15, -0.1) is 13.2 Å². The van der Waals surface area contributed by atoms with Crippen molar-refractivity contribution in [2.45, 2.75) is 19.3 Å². The Bertz CT molecular complexity index is 941. The quantitative estimate of drug-likeness (QED) is 0.700. The van der Waals surface area contributed by atoms with E-state index in [1.165, 1.54) is 12.1 Å². The topological polar surface area (TPSA) is 61.9 Å². The van der Waals surface area contributed by atoms with Gasteiger partial charge in [0, 0.05) is 38.3 Å². The summed E-state index contributed by atoms with van der Waals surface area (Å²) < 4.78 is 41.0. The molecule has 0 bridgehead atoms. The van der Waals surface area contributed by atoms with Crippen molar-refractivity contribution in [3.05, 3.63) is 64.7 Å². The summed E-state index contributed by atoms with van der Waals surface area (Å²) >= 11 is 5.86. The molecule has 32 heavy (non-hydrogen) atoms. The van der Waals surface area contributed by atoms with Crippen molar-refractivity contribution in [1.82, 2.24) is 15.1 Å². The van der Waals surface area contributed by atoms with Crippen LogP contribution in [0.2, 0.25) is 5.02 Å². The molecule has 172 valence electrons. The summed E-state index contributed by atoms with van der Waals surface area (Å²) in [5.74, 6) is -0.985. The van der Waals surface area contributed by atoms with Gasteiger partial charge in [0.1, 0.15) is 5.75 Å². The Labute approximate surface area is 188 Å². The summed E-state index contributed by atoms with van der Waals surface area (Å²) in [6, 6.07) is 13.1. The second-order valence-corrected chi connectivity index (χ2v) is 7.78. The summed E-state index contributed by atoms with van der Waals surface area (Å²) in [6.07, 6.45) is -4.20. The molecule has 1 N–H and O–H groups in total. The average Bonchev–Trinajstić information content (AvgIpc) is 2.98. The Morgan fingerprint density at radius 3 is 2.47 bits per heavy atom. The number of amides is 2. The van der Waals surface area contributed by atoms with Gasteiger partial charge in [-0.05, 0) is 30.2 Å². The fraction of sp³-hybridized carbons (Fsp3) is 0.364. The van der Waals surface area contributed by atoms with Gasteiger partial charge in [0.2, 0.25) is 5.91 Å². The number of rotatable bonds is 6. The lowest BCUT2D eigenvalue weighted by Gasteiger charge is -2.22. The number of ether oxygens (including phenoxy) is 1. The first-order chi connectivity index (χ1) is 15.2. The molecule has 6 nitrogen and oxygen atoms in total. The maximum atomic E-state index is 12.8. The van der Waals surface area contributed by atoms with Crippen LogP contribution < -0.4 is 10.1 Å². The summed E-state index contributed by atoms with van der Waals surface area (Å²) in [6.45, 7) is 2.70. The lowest BCUT2D eigenvalue weighted by molar-refractivity contribution is -0.274. The predicted octanol–water partition coefficient (Wildman–Crippen LogP) is 3.70. The molecule has 2 amide bonds. The van der Waals surface area contributed by atoms with E-state index in [0.717, 1.165) is 11.6 Å². The van der Waals surface area contributed by atoms with Crippen LogP contribution in [0.15, 0.2) is 48.5 Å². The highest BCUT2D eigenvalue weighted by Crippen LogP contribution is 2.31. The molecule has 1 aliphatic rings. The molecule has 0 saturated carbocycles. The Morgan fingerprint density at radius 2 is 1.78 bits per heavy atom. The lowest BCUT2D eigenvalue weighted by Crippen LogP contribution is -2.39. The zero-order valence-electron chi connectivity index (χ0n) is 17.2. The highest BCUT2D eigenvalue weighted by molar-refractivity contribution is 6.32. The van der Waals surface area contributed by atoms with Gasteiger partial charge in [0.05, 0.1) is 11.6 Å². The molecule has 0 radical (unpaired) electrons. The van der Waals surface area contributed by atoms with Gasteiger partial charge < -0.3 is 15.0 Å². The summed E-state index contributed by atoms with van der Waals surface area (Å²) in [7, 11) is 0. The van der Waals surface area contributed by atoms with Crippen molar-refractivity contribution in [3.8, 4) is 5.75 Å². The molecular weight excluding hydrogens is 447 g/mol. The van der Waals surface area contributed by atoms with E-state index in [2.05, 4.69) is 10.1 Å². The molecule has 2 aromatic carbocycles. The average molecular weight is 470 g/mol. The van der Waals surface area contributed by atoms with Crippen LogP contribution >= 0.6 is 11.6 Å². The van der Waals surface area contributed by atoms with Gasteiger partial charge >= 0.3 is 6.36 Å². The standard InChI is InChI=1S/C22H23ClF3N3O3/c23-18-13-17(7-8-19(18)32-22(24,25)26)21(31)29-10-4-9-28(11-12-29)15-20(30)27-14-16-5-2-1-3-6-16/h1-3,5-8,13H,4,9-12,14-15H2,(H,27,30). The molecule has 2 aromatic rings. The van der Waals surface area contributed by atoms with Crippen molar-refractivity contribution < 1.29 is 27.5 Å². The SMILES string of the molecule is O=C(CN1CCCN(C(=O)c2ccc(OC(F)(F)F)c(Cl)c2)CC1)NCc1ccccc1. The molecule has 0 atom stereocenters. The minimum atomic E-state index is -4.86. The van der Waals surface area contributed by atoms with Crippen molar-refractivity contribution in [1.29, 1.82) is 0 Å². The minimum absolute atomic E-state index is 0.0966. The van der Waals surface area contributed by atoms with Crippen LogP contribution in [0.4, 0.5) is 13.2 Å². The zero-order chi connectivity index (χ0) is 23.1. The molecule has 3 rings (SSSR count). The van der Waals surface area contributed by atoms with Crippen molar-refractivity contribution >= 4 is 23.4 Å². The minimum Gasteiger partial charge on any atom is -0.404 e. The molecule has 1 fully saturated rings. The third kappa shape index (κ3) is 7.13. The van der Waals surface area contributed by atoms with Crippen LogP contribution in [0.1, 0.15) is 22.3 Å². The fourth-order valence-corrected chi connectivity index (χ4v) is 3.63. The van der Waals surface area contributed by atoms with E-state index in [0.29, 0.717) is 39.1 Å². The fourth-order valence-electron chi connectivity index (χ4n) is 3.41. The predicted molar refractivity (Wildman–Crippen MR) is 113 cm³/mol. The van der Waals surface area contributed by atoms with Crippen molar-refractivity contribution in [3.63, 3.8) is 0 Å². The smallest absolute Gasteiger partial charge is 0.404 e. The molecular formula is C22H23ClF3N3O3. The molecule has 1 saturated heterocycles. The van der Waals surface area contributed by atoms with Crippen LogP contribution in [0, 0.1) is 0 Å².